The molecule has 11 heteroatoms. The fourth-order valence-corrected chi connectivity index (χ4v) is 5.84. The van der Waals surface area contributed by atoms with Gasteiger partial charge in [0.25, 0.3) is 0 Å². The number of aliphatic hydroxyl groups excluding tert-OH is 3. The highest BCUT2D eigenvalue weighted by molar-refractivity contribution is 5.73. The molecule has 0 bridgehead atoms. The monoisotopic (exact) mass is 777 g/mol. The molecule has 4 N–H and O–H groups in total. The van der Waals surface area contributed by atoms with E-state index in [9.17, 15) is 34.8 Å². The lowest BCUT2D eigenvalue weighted by molar-refractivity contribution is -0.298. The molecular formula is C44H72O11. The number of rotatable bonds is 33. The molecule has 1 aliphatic rings. The lowest BCUT2D eigenvalue weighted by atomic mass is 9.99. The van der Waals surface area contributed by atoms with Crippen molar-refractivity contribution in [2.24, 2.45) is 0 Å². The number of ether oxygens (including phenoxy) is 4. The van der Waals surface area contributed by atoms with Gasteiger partial charge in [-0.25, -0.2) is 4.79 Å². The van der Waals surface area contributed by atoms with E-state index in [1.807, 2.05) is 0 Å². The molecule has 1 saturated heterocycles. The molecule has 1 rings (SSSR count). The van der Waals surface area contributed by atoms with E-state index in [2.05, 4.69) is 74.6 Å². The second-order valence-corrected chi connectivity index (χ2v) is 14.1. The van der Waals surface area contributed by atoms with Crippen molar-refractivity contribution >= 4 is 17.9 Å². The molecule has 55 heavy (non-hydrogen) atoms. The van der Waals surface area contributed by atoms with E-state index in [0.717, 1.165) is 70.6 Å². The molecule has 0 amide bonds. The van der Waals surface area contributed by atoms with Gasteiger partial charge in [0.1, 0.15) is 24.9 Å². The molecule has 1 heterocycles. The number of carboxylic acids is 1. The van der Waals surface area contributed by atoms with Crippen molar-refractivity contribution < 1.29 is 53.8 Å². The molecule has 0 aromatic carbocycles. The van der Waals surface area contributed by atoms with Crippen LogP contribution in [-0.2, 0) is 33.3 Å². The van der Waals surface area contributed by atoms with E-state index in [1.165, 1.54) is 38.5 Å². The van der Waals surface area contributed by atoms with Gasteiger partial charge in [0.05, 0.1) is 6.61 Å². The smallest absolute Gasteiger partial charge is 0.335 e. The minimum absolute atomic E-state index is 0.174. The highest BCUT2D eigenvalue weighted by Gasteiger charge is 2.47. The van der Waals surface area contributed by atoms with E-state index in [-0.39, 0.29) is 19.4 Å². The van der Waals surface area contributed by atoms with Crippen LogP contribution in [0.1, 0.15) is 149 Å². The first-order valence-electron chi connectivity index (χ1n) is 20.8. The lowest BCUT2D eigenvalue weighted by Crippen LogP contribution is -2.60. The van der Waals surface area contributed by atoms with Crippen molar-refractivity contribution in [1.82, 2.24) is 0 Å². The number of aliphatic hydroxyl groups is 3. The van der Waals surface area contributed by atoms with Crippen LogP contribution in [0.25, 0.3) is 0 Å². The Morgan fingerprint density at radius 1 is 0.582 bits per heavy atom. The SMILES string of the molecule is CC/C=C\C/C=C\C/C=C\C/C=C\C/C=C\CCCCCC(=O)OCC(COC1OC(C(=O)O)C(O)C(O)C1O)OC(=O)CCCCCCCCCCCC. The zero-order valence-electron chi connectivity index (χ0n) is 33.6. The van der Waals surface area contributed by atoms with Gasteiger partial charge in [-0.1, -0.05) is 139 Å². The van der Waals surface area contributed by atoms with Gasteiger partial charge in [0.15, 0.2) is 18.5 Å². The summed E-state index contributed by atoms with van der Waals surface area (Å²) in [5.74, 6) is -2.49. The summed E-state index contributed by atoms with van der Waals surface area (Å²) in [6.45, 7) is 3.63. The number of allylic oxidation sites excluding steroid dienone is 10. The average molecular weight is 777 g/mol. The van der Waals surface area contributed by atoms with Crippen LogP contribution >= 0.6 is 0 Å². The van der Waals surface area contributed by atoms with E-state index >= 15 is 0 Å². The fourth-order valence-electron chi connectivity index (χ4n) is 5.84. The van der Waals surface area contributed by atoms with Crippen LogP contribution in [0, 0.1) is 0 Å². The van der Waals surface area contributed by atoms with Gasteiger partial charge in [-0.3, -0.25) is 9.59 Å². The zero-order valence-corrected chi connectivity index (χ0v) is 33.6. The summed E-state index contributed by atoms with van der Waals surface area (Å²) in [5, 5.41) is 39.7. The highest BCUT2D eigenvalue weighted by Crippen LogP contribution is 2.23. The Morgan fingerprint density at radius 3 is 1.62 bits per heavy atom. The third-order valence-corrected chi connectivity index (χ3v) is 9.13. The molecule has 11 nitrogen and oxygen atoms in total. The number of carboxylic acid groups (broad SMARTS) is 1. The van der Waals surface area contributed by atoms with Crippen molar-refractivity contribution in [2.75, 3.05) is 13.2 Å². The van der Waals surface area contributed by atoms with E-state index < -0.39 is 61.3 Å². The maximum atomic E-state index is 12.7. The van der Waals surface area contributed by atoms with Crippen LogP contribution in [0.4, 0.5) is 0 Å². The number of hydrogen-bond acceptors (Lipinski definition) is 10. The third-order valence-electron chi connectivity index (χ3n) is 9.13. The maximum absolute atomic E-state index is 12.7. The molecule has 6 atom stereocenters. The van der Waals surface area contributed by atoms with Crippen LogP contribution in [-0.4, -0.2) is 88.4 Å². The van der Waals surface area contributed by atoms with Crippen molar-refractivity contribution in [1.29, 1.82) is 0 Å². The quantitative estimate of drug-likeness (QED) is 0.0287. The average Bonchev–Trinajstić information content (AvgIpc) is 3.17. The van der Waals surface area contributed by atoms with Gasteiger partial charge in [0, 0.05) is 12.8 Å². The maximum Gasteiger partial charge on any atom is 0.335 e. The summed E-state index contributed by atoms with van der Waals surface area (Å²) in [6, 6.07) is 0. The van der Waals surface area contributed by atoms with Crippen LogP contribution < -0.4 is 0 Å². The molecule has 0 aromatic heterocycles. The standard InChI is InChI=1S/C44H72O11/c1-3-5-7-9-11-13-15-16-17-18-19-20-21-22-23-25-26-28-30-32-37(45)52-34-36(35-53-44-41(49)39(47)40(48)42(55-44)43(50)51)54-38(46)33-31-29-27-24-14-12-10-8-6-4-2/h5,7,11,13,16-17,19-20,22-23,36,39-42,44,47-49H,3-4,6,8-10,12,14-15,18,21,24-35H2,1-2H3,(H,50,51)/b7-5-,13-11-,17-16-,20-19-,23-22-. The number of carbonyl (C=O) groups excluding carboxylic acids is 2. The Hall–Kier alpha value is -3.09. The van der Waals surface area contributed by atoms with Crippen LogP contribution in [0.5, 0.6) is 0 Å². The molecule has 0 aliphatic carbocycles. The van der Waals surface area contributed by atoms with Gasteiger partial charge in [-0.05, 0) is 57.8 Å². The summed E-state index contributed by atoms with van der Waals surface area (Å²) in [5.41, 5.74) is 0. The summed E-state index contributed by atoms with van der Waals surface area (Å²) in [4.78, 5) is 36.7. The second kappa shape index (κ2) is 34.2. The Kier molecular flexibility index (Phi) is 31.0. The Morgan fingerprint density at radius 2 is 1.07 bits per heavy atom. The van der Waals surface area contributed by atoms with E-state index in [4.69, 9.17) is 18.9 Å². The van der Waals surface area contributed by atoms with Gasteiger partial charge in [-0.15, -0.1) is 0 Å². The molecule has 314 valence electrons. The molecule has 0 radical (unpaired) electrons. The Labute approximate surface area is 330 Å². The number of carbonyl (C=O) groups is 3. The molecule has 1 fully saturated rings. The summed E-state index contributed by atoms with van der Waals surface area (Å²) in [6.07, 6.45) is 31.4. The number of aliphatic carboxylic acids is 1. The fraction of sp³-hybridized carbons (Fsp3) is 0.705. The predicted octanol–water partition coefficient (Wildman–Crippen LogP) is 8.36. The predicted molar refractivity (Wildman–Crippen MR) is 215 cm³/mol. The van der Waals surface area contributed by atoms with E-state index in [1.54, 1.807) is 0 Å². The molecule has 0 spiro atoms. The highest BCUT2D eigenvalue weighted by atomic mass is 16.7. The number of unbranched alkanes of at least 4 members (excludes halogenated alkanes) is 12. The van der Waals surface area contributed by atoms with Crippen LogP contribution in [0.15, 0.2) is 60.8 Å². The van der Waals surface area contributed by atoms with Crippen LogP contribution in [0.2, 0.25) is 0 Å². The largest absolute Gasteiger partial charge is 0.479 e. The van der Waals surface area contributed by atoms with Gasteiger partial charge in [-0.2, -0.15) is 0 Å². The van der Waals surface area contributed by atoms with Crippen molar-refractivity contribution in [3.8, 4) is 0 Å². The second-order valence-electron chi connectivity index (χ2n) is 14.1. The molecular weight excluding hydrogens is 704 g/mol. The van der Waals surface area contributed by atoms with Crippen molar-refractivity contribution in [3.63, 3.8) is 0 Å². The van der Waals surface area contributed by atoms with Gasteiger partial charge in [0.2, 0.25) is 0 Å². The van der Waals surface area contributed by atoms with Crippen molar-refractivity contribution in [3.05, 3.63) is 60.8 Å². The summed E-state index contributed by atoms with van der Waals surface area (Å²) in [7, 11) is 0. The first-order valence-corrected chi connectivity index (χ1v) is 20.8. The van der Waals surface area contributed by atoms with Crippen LogP contribution in [0.3, 0.4) is 0 Å². The first kappa shape index (κ1) is 49.9. The molecule has 1 aliphatic heterocycles. The minimum atomic E-state index is -1.87. The third kappa shape index (κ3) is 26.4. The minimum Gasteiger partial charge on any atom is -0.479 e. The molecule has 0 saturated carbocycles. The van der Waals surface area contributed by atoms with Gasteiger partial charge < -0.3 is 39.4 Å². The number of hydrogen-bond donors (Lipinski definition) is 4. The summed E-state index contributed by atoms with van der Waals surface area (Å²) >= 11 is 0. The lowest BCUT2D eigenvalue weighted by Gasteiger charge is -2.38. The normalized spacial score (nSPS) is 21.1. The topological polar surface area (TPSA) is 169 Å². The molecule has 6 unspecified atom stereocenters. The van der Waals surface area contributed by atoms with Gasteiger partial charge >= 0.3 is 17.9 Å². The first-order chi connectivity index (χ1) is 26.7. The molecule has 0 aromatic rings. The Bertz CT molecular complexity index is 1140. The summed E-state index contributed by atoms with van der Waals surface area (Å²) < 4.78 is 21.6. The number of esters is 2. The zero-order chi connectivity index (χ0) is 40.4. The van der Waals surface area contributed by atoms with E-state index in [0.29, 0.717) is 12.8 Å². The van der Waals surface area contributed by atoms with Crippen molar-refractivity contribution in [2.45, 2.75) is 185 Å². The Balaban J connectivity index is 2.41.